The van der Waals surface area contributed by atoms with E-state index in [1.54, 1.807) is 12.4 Å². The SMILES string of the molecule is Cc1cc(Oc2ccncc2)ccc1NCc1c2c(nn1C)CCSC2. The molecule has 0 amide bonds. The Morgan fingerprint density at radius 1 is 1.19 bits per heavy atom. The number of ether oxygens (including phenoxy) is 1. The smallest absolute Gasteiger partial charge is 0.130 e. The molecule has 0 atom stereocenters. The Morgan fingerprint density at radius 2 is 2.04 bits per heavy atom. The van der Waals surface area contributed by atoms with Crippen LogP contribution in [0.15, 0.2) is 42.7 Å². The van der Waals surface area contributed by atoms with Crippen LogP contribution >= 0.6 is 11.8 Å². The summed E-state index contributed by atoms with van der Waals surface area (Å²) in [5.74, 6) is 3.86. The van der Waals surface area contributed by atoms with E-state index in [1.165, 1.54) is 22.7 Å². The summed E-state index contributed by atoms with van der Waals surface area (Å²) in [5, 5.41) is 8.25. The van der Waals surface area contributed by atoms with Crippen LogP contribution in [0.3, 0.4) is 0 Å². The van der Waals surface area contributed by atoms with Crippen molar-refractivity contribution in [2.75, 3.05) is 11.1 Å². The number of nitrogens with one attached hydrogen (secondary N) is 1. The van der Waals surface area contributed by atoms with Crippen LogP contribution < -0.4 is 10.1 Å². The molecular weight excluding hydrogens is 344 g/mol. The number of nitrogens with zero attached hydrogens (tertiary/aromatic N) is 3. The number of aryl methyl sites for hydroxylation is 3. The molecule has 1 aromatic carbocycles. The minimum absolute atomic E-state index is 0.783. The Hall–Kier alpha value is -2.47. The minimum atomic E-state index is 0.783. The molecule has 1 aliphatic rings. The summed E-state index contributed by atoms with van der Waals surface area (Å²) in [6.45, 7) is 2.88. The Bertz CT molecular complexity index is 908. The lowest BCUT2D eigenvalue weighted by molar-refractivity contribution is 0.481. The molecule has 0 spiro atoms. The van der Waals surface area contributed by atoms with E-state index < -0.39 is 0 Å². The molecule has 3 heterocycles. The number of rotatable bonds is 5. The van der Waals surface area contributed by atoms with Crippen molar-refractivity contribution in [3.05, 3.63) is 65.2 Å². The topological polar surface area (TPSA) is 52.0 Å². The summed E-state index contributed by atoms with van der Waals surface area (Å²) in [5.41, 5.74) is 6.23. The normalized spacial score (nSPS) is 13.3. The predicted octanol–water partition coefficient (Wildman–Crippen LogP) is 4.32. The van der Waals surface area contributed by atoms with Crippen molar-refractivity contribution in [1.82, 2.24) is 14.8 Å². The first kappa shape index (κ1) is 17.0. The second kappa shape index (κ2) is 7.41. The lowest BCUT2D eigenvalue weighted by Gasteiger charge is -2.14. The molecule has 0 saturated carbocycles. The predicted molar refractivity (Wildman–Crippen MR) is 106 cm³/mol. The number of fused-ring (bicyclic) bond motifs is 1. The first-order chi connectivity index (χ1) is 12.7. The summed E-state index contributed by atoms with van der Waals surface area (Å²) < 4.78 is 7.90. The van der Waals surface area contributed by atoms with E-state index in [1.807, 2.05) is 41.7 Å². The van der Waals surface area contributed by atoms with Gasteiger partial charge in [-0.15, -0.1) is 0 Å². The van der Waals surface area contributed by atoms with E-state index in [2.05, 4.69) is 34.5 Å². The molecule has 0 saturated heterocycles. The average molecular weight is 366 g/mol. The van der Waals surface area contributed by atoms with E-state index in [4.69, 9.17) is 4.74 Å². The molecule has 0 fully saturated rings. The van der Waals surface area contributed by atoms with Crippen molar-refractivity contribution in [3.63, 3.8) is 0 Å². The number of hydrogen-bond donors (Lipinski definition) is 1. The molecule has 0 aliphatic carbocycles. The number of hydrogen-bond acceptors (Lipinski definition) is 5. The van der Waals surface area contributed by atoms with Crippen LogP contribution in [-0.2, 0) is 25.8 Å². The van der Waals surface area contributed by atoms with Gasteiger partial charge in [0.25, 0.3) is 0 Å². The van der Waals surface area contributed by atoms with Gasteiger partial charge >= 0.3 is 0 Å². The highest BCUT2D eigenvalue weighted by atomic mass is 32.2. The molecule has 26 heavy (non-hydrogen) atoms. The maximum atomic E-state index is 5.87. The molecular formula is C20H22N4OS. The highest BCUT2D eigenvalue weighted by Gasteiger charge is 2.19. The molecule has 4 rings (SSSR count). The van der Waals surface area contributed by atoms with Crippen molar-refractivity contribution in [2.45, 2.75) is 25.6 Å². The van der Waals surface area contributed by atoms with Crippen molar-refractivity contribution < 1.29 is 4.74 Å². The van der Waals surface area contributed by atoms with E-state index in [9.17, 15) is 0 Å². The molecule has 3 aromatic rings. The van der Waals surface area contributed by atoms with Crippen molar-refractivity contribution in [3.8, 4) is 11.5 Å². The highest BCUT2D eigenvalue weighted by molar-refractivity contribution is 7.98. The van der Waals surface area contributed by atoms with E-state index in [0.717, 1.165) is 41.5 Å². The minimum Gasteiger partial charge on any atom is -0.457 e. The number of benzene rings is 1. The van der Waals surface area contributed by atoms with Crippen LogP contribution in [0.25, 0.3) is 0 Å². The van der Waals surface area contributed by atoms with Gasteiger partial charge in [0.2, 0.25) is 0 Å². The number of anilines is 1. The lowest BCUT2D eigenvalue weighted by Crippen LogP contribution is -2.09. The third-order valence-corrected chi connectivity index (χ3v) is 5.60. The first-order valence-corrected chi connectivity index (χ1v) is 9.90. The second-order valence-electron chi connectivity index (χ2n) is 6.41. The van der Waals surface area contributed by atoms with Gasteiger partial charge in [0.1, 0.15) is 11.5 Å². The fourth-order valence-corrected chi connectivity index (χ4v) is 4.23. The molecule has 1 N–H and O–H groups in total. The van der Waals surface area contributed by atoms with Crippen LogP contribution in [0, 0.1) is 6.92 Å². The van der Waals surface area contributed by atoms with Crippen LogP contribution in [0.2, 0.25) is 0 Å². The van der Waals surface area contributed by atoms with Gasteiger partial charge in [0, 0.05) is 42.9 Å². The summed E-state index contributed by atoms with van der Waals surface area (Å²) in [6, 6.07) is 9.82. The summed E-state index contributed by atoms with van der Waals surface area (Å²) >= 11 is 1.99. The Kier molecular flexibility index (Phi) is 4.84. The van der Waals surface area contributed by atoms with E-state index in [-0.39, 0.29) is 0 Å². The van der Waals surface area contributed by atoms with Crippen molar-refractivity contribution in [1.29, 1.82) is 0 Å². The molecule has 0 bridgehead atoms. The van der Waals surface area contributed by atoms with Gasteiger partial charge in [-0.25, -0.2) is 0 Å². The van der Waals surface area contributed by atoms with Gasteiger partial charge in [-0.1, -0.05) is 0 Å². The van der Waals surface area contributed by atoms with E-state index in [0.29, 0.717) is 0 Å². The zero-order valence-corrected chi connectivity index (χ0v) is 15.8. The van der Waals surface area contributed by atoms with Gasteiger partial charge in [-0.2, -0.15) is 16.9 Å². The van der Waals surface area contributed by atoms with Crippen LogP contribution in [0.4, 0.5) is 5.69 Å². The highest BCUT2D eigenvalue weighted by Crippen LogP contribution is 2.29. The van der Waals surface area contributed by atoms with Gasteiger partial charge in [0.05, 0.1) is 17.9 Å². The second-order valence-corrected chi connectivity index (χ2v) is 7.52. The molecule has 2 aromatic heterocycles. The van der Waals surface area contributed by atoms with Crippen molar-refractivity contribution >= 4 is 17.4 Å². The van der Waals surface area contributed by atoms with Gasteiger partial charge in [0.15, 0.2) is 0 Å². The molecule has 1 aliphatic heterocycles. The maximum Gasteiger partial charge on any atom is 0.130 e. The van der Waals surface area contributed by atoms with E-state index >= 15 is 0 Å². The van der Waals surface area contributed by atoms with Crippen LogP contribution in [0.5, 0.6) is 11.5 Å². The summed E-state index contributed by atoms with van der Waals surface area (Å²) in [6.07, 6.45) is 4.53. The summed E-state index contributed by atoms with van der Waals surface area (Å²) in [4.78, 5) is 4.01. The fraction of sp³-hybridized carbons (Fsp3) is 0.300. The molecule has 0 unspecified atom stereocenters. The average Bonchev–Trinajstić information content (AvgIpc) is 2.97. The third kappa shape index (κ3) is 3.55. The van der Waals surface area contributed by atoms with Gasteiger partial charge in [-0.05, 0) is 48.6 Å². The number of thioether (sulfide) groups is 1. The largest absolute Gasteiger partial charge is 0.457 e. The Morgan fingerprint density at radius 3 is 2.85 bits per heavy atom. The van der Waals surface area contributed by atoms with Gasteiger partial charge in [-0.3, -0.25) is 9.67 Å². The van der Waals surface area contributed by atoms with Crippen LogP contribution in [-0.4, -0.2) is 20.5 Å². The Balaban J connectivity index is 1.47. The van der Waals surface area contributed by atoms with Crippen LogP contribution in [0.1, 0.15) is 22.5 Å². The van der Waals surface area contributed by atoms with Gasteiger partial charge < -0.3 is 10.1 Å². The number of pyridine rings is 1. The molecule has 134 valence electrons. The van der Waals surface area contributed by atoms with Crippen molar-refractivity contribution in [2.24, 2.45) is 7.05 Å². The molecule has 5 nitrogen and oxygen atoms in total. The Labute approximate surface area is 157 Å². The zero-order chi connectivity index (χ0) is 17.9. The quantitative estimate of drug-likeness (QED) is 0.729. The zero-order valence-electron chi connectivity index (χ0n) is 15.0. The molecule has 6 heteroatoms. The molecule has 0 radical (unpaired) electrons. The standard InChI is InChI=1S/C20H22N4OS/c1-14-11-16(25-15-5-8-21-9-6-15)3-4-18(14)22-12-20-17-13-26-10-7-19(17)23-24(20)2/h3-6,8-9,11,22H,7,10,12-13H2,1-2H3. The fourth-order valence-electron chi connectivity index (χ4n) is 3.21. The third-order valence-electron chi connectivity index (χ3n) is 4.62. The monoisotopic (exact) mass is 366 g/mol. The maximum absolute atomic E-state index is 5.87. The first-order valence-electron chi connectivity index (χ1n) is 8.74. The lowest BCUT2D eigenvalue weighted by atomic mass is 10.1. The summed E-state index contributed by atoms with van der Waals surface area (Å²) in [7, 11) is 2.04. The number of aromatic nitrogens is 3.